The highest BCUT2D eigenvalue weighted by Crippen LogP contribution is 2.36. The van der Waals surface area contributed by atoms with Gasteiger partial charge in [-0.2, -0.15) is 0 Å². The molecule has 0 saturated carbocycles. The molecule has 0 saturated heterocycles. The van der Waals surface area contributed by atoms with Gasteiger partial charge >= 0.3 is 5.97 Å². The average molecular weight is 690 g/mol. The molecule has 0 fully saturated rings. The Balaban J connectivity index is 1.43. The number of fused-ring (bicyclic) bond motifs is 1. The van der Waals surface area contributed by atoms with Crippen LogP contribution < -0.4 is 24.4 Å². The molecule has 0 N–H and O–H groups in total. The molecule has 1 atom stereocenters. The van der Waals surface area contributed by atoms with E-state index >= 15 is 0 Å². The van der Waals surface area contributed by atoms with Crippen LogP contribution in [0.25, 0.3) is 11.8 Å². The Bertz CT molecular complexity index is 2260. The molecule has 0 unspecified atom stereocenters. The topological polar surface area (TPSA) is 122 Å². The highest BCUT2D eigenvalue weighted by Gasteiger charge is 2.35. The molecule has 10 nitrogen and oxygen atoms in total. The van der Waals surface area contributed by atoms with Crippen LogP contribution in [0.2, 0.25) is 0 Å². The maximum Gasteiger partial charge on any atom is 0.338 e. The molecule has 0 radical (unpaired) electrons. The molecule has 254 valence electrons. The second kappa shape index (κ2) is 14.8. The van der Waals surface area contributed by atoms with Gasteiger partial charge in [-0.15, -0.1) is 0 Å². The monoisotopic (exact) mass is 689 g/mol. The smallest absolute Gasteiger partial charge is 0.338 e. The minimum Gasteiger partial charge on any atom is -0.493 e. The summed E-state index contributed by atoms with van der Waals surface area (Å²) >= 11 is 1.24. The molecule has 1 aliphatic rings. The van der Waals surface area contributed by atoms with Gasteiger partial charge in [0.15, 0.2) is 16.3 Å². The van der Waals surface area contributed by atoms with Crippen LogP contribution in [0.5, 0.6) is 11.5 Å². The highest BCUT2D eigenvalue weighted by molar-refractivity contribution is 7.07. The van der Waals surface area contributed by atoms with Gasteiger partial charge in [0.2, 0.25) is 0 Å². The van der Waals surface area contributed by atoms with Gasteiger partial charge in [0.05, 0.1) is 40.5 Å². The zero-order valence-corrected chi connectivity index (χ0v) is 28.8. The lowest BCUT2D eigenvalue weighted by Crippen LogP contribution is -2.40. The molecular formula is C39H35N3O7S. The fourth-order valence-corrected chi connectivity index (χ4v) is 6.74. The number of carbonyl (C=O) groups is 1. The zero-order chi connectivity index (χ0) is 35.4. The van der Waals surface area contributed by atoms with Crippen molar-refractivity contribution in [2.24, 2.45) is 4.99 Å². The Morgan fingerprint density at radius 1 is 1.00 bits per heavy atom. The summed E-state index contributed by atoms with van der Waals surface area (Å²) in [5.74, 6) is 0.701. The molecule has 0 bridgehead atoms. The summed E-state index contributed by atoms with van der Waals surface area (Å²) in [6, 6.07) is 28.1. The van der Waals surface area contributed by atoms with E-state index in [2.05, 4.69) is 13.8 Å². The number of hydrogen-bond acceptors (Lipinski definition) is 9. The molecule has 11 heteroatoms. The van der Waals surface area contributed by atoms with Crippen LogP contribution in [-0.2, 0) is 16.1 Å². The maximum absolute atomic E-state index is 14.3. The van der Waals surface area contributed by atoms with Crippen LogP contribution in [0.3, 0.4) is 0 Å². The Hall–Kier alpha value is -5.81. The number of thiazole rings is 1. The van der Waals surface area contributed by atoms with E-state index in [1.165, 1.54) is 30.6 Å². The first-order valence-corrected chi connectivity index (χ1v) is 16.9. The van der Waals surface area contributed by atoms with E-state index in [1.54, 1.807) is 41.8 Å². The number of benzene rings is 4. The number of nitro groups is 1. The number of esters is 1. The van der Waals surface area contributed by atoms with E-state index in [1.807, 2.05) is 60.7 Å². The summed E-state index contributed by atoms with van der Waals surface area (Å²) in [5, 5.41) is 11.0. The second-order valence-electron chi connectivity index (χ2n) is 11.9. The van der Waals surface area contributed by atoms with Gasteiger partial charge in [-0.1, -0.05) is 85.8 Å². The molecule has 2 heterocycles. The van der Waals surface area contributed by atoms with Crippen molar-refractivity contribution in [3.05, 3.63) is 160 Å². The fourth-order valence-electron chi connectivity index (χ4n) is 5.74. The summed E-state index contributed by atoms with van der Waals surface area (Å²) < 4.78 is 19.2. The average Bonchev–Trinajstić information content (AvgIpc) is 3.44. The standard InChI is InChI=1S/C39H35N3O7S/c1-5-48-38(44)34-35(28-9-7-6-8-10-28)40-39-41(36(34)29-16-14-27(15-17-29)24(2)3)37(43)33(50-39)22-26-13-20-31(32(21-26)47-4)49-23-25-11-18-30(19-12-25)42(45)46/h6-22,24,36H,5,23H2,1-4H3/b33-22-/t36-/m1/s1. The molecule has 0 aliphatic carbocycles. The lowest BCUT2D eigenvalue weighted by Gasteiger charge is -2.26. The van der Waals surface area contributed by atoms with E-state index in [0.29, 0.717) is 43.6 Å². The Morgan fingerprint density at radius 3 is 2.36 bits per heavy atom. The van der Waals surface area contributed by atoms with Crippen LogP contribution in [-0.4, -0.2) is 29.2 Å². The lowest BCUT2D eigenvalue weighted by molar-refractivity contribution is -0.384. The van der Waals surface area contributed by atoms with Crippen LogP contribution >= 0.6 is 11.3 Å². The van der Waals surface area contributed by atoms with Gasteiger partial charge in [0.25, 0.3) is 11.2 Å². The van der Waals surface area contributed by atoms with Crippen LogP contribution in [0.1, 0.15) is 60.5 Å². The number of ether oxygens (including phenoxy) is 3. The maximum atomic E-state index is 14.3. The first-order chi connectivity index (χ1) is 24.2. The van der Waals surface area contributed by atoms with Gasteiger partial charge < -0.3 is 14.2 Å². The predicted molar refractivity (Wildman–Crippen MR) is 192 cm³/mol. The van der Waals surface area contributed by atoms with Crippen molar-refractivity contribution in [1.29, 1.82) is 0 Å². The van der Waals surface area contributed by atoms with Crippen LogP contribution in [0, 0.1) is 10.1 Å². The molecule has 0 amide bonds. The minimum atomic E-state index is -0.770. The van der Waals surface area contributed by atoms with E-state index in [0.717, 1.165) is 22.3 Å². The first kappa shape index (κ1) is 34.1. The molecular weight excluding hydrogens is 655 g/mol. The number of methoxy groups -OCH3 is 1. The highest BCUT2D eigenvalue weighted by atomic mass is 32.1. The number of carbonyl (C=O) groups excluding carboxylic acids is 1. The number of nitro benzene ring substituents is 1. The Labute approximate surface area is 292 Å². The summed E-state index contributed by atoms with van der Waals surface area (Å²) in [5.41, 5.74) is 4.57. The molecule has 50 heavy (non-hydrogen) atoms. The molecule has 4 aromatic carbocycles. The van der Waals surface area contributed by atoms with E-state index in [4.69, 9.17) is 19.2 Å². The van der Waals surface area contributed by atoms with Crippen molar-refractivity contribution in [3.8, 4) is 11.5 Å². The number of nitrogens with zero attached hydrogens (tertiary/aromatic N) is 3. The lowest BCUT2D eigenvalue weighted by atomic mass is 9.91. The van der Waals surface area contributed by atoms with Gasteiger partial charge in [-0.3, -0.25) is 19.5 Å². The third kappa shape index (κ3) is 6.99. The first-order valence-electron chi connectivity index (χ1n) is 16.1. The summed E-state index contributed by atoms with van der Waals surface area (Å²) in [6.07, 6.45) is 1.77. The predicted octanol–water partition coefficient (Wildman–Crippen LogP) is 6.55. The Kier molecular flexibility index (Phi) is 10.1. The minimum absolute atomic E-state index is 0.00437. The van der Waals surface area contributed by atoms with Crippen molar-refractivity contribution in [3.63, 3.8) is 0 Å². The normalized spacial score (nSPS) is 14.3. The molecule has 1 aliphatic heterocycles. The largest absolute Gasteiger partial charge is 0.493 e. The van der Waals surface area contributed by atoms with Crippen LogP contribution in [0.15, 0.2) is 112 Å². The van der Waals surface area contributed by atoms with E-state index in [-0.39, 0.29) is 24.5 Å². The van der Waals surface area contributed by atoms with Crippen molar-refractivity contribution in [2.75, 3.05) is 13.7 Å². The van der Waals surface area contributed by atoms with Gasteiger partial charge in [0, 0.05) is 17.7 Å². The van der Waals surface area contributed by atoms with Crippen LogP contribution in [0.4, 0.5) is 5.69 Å². The number of non-ortho nitro benzene ring substituents is 1. The van der Waals surface area contributed by atoms with Gasteiger partial charge in [0.1, 0.15) is 6.61 Å². The number of hydrogen-bond donors (Lipinski definition) is 0. The van der Waals surface area contributed by atoms with E-state index < -0.39 is 16.9 Å². The quantitative estimate of drug-likeness (QED) is 0.0875. The summed E-state index contributed by atoms with van der Waals surface area (Å²) in [7, 11) is 1.53. The van der Waals surface area contributed by atoms with Crippen molar-refractivity contribution < 1.29 is 23.9 Å². The Morgan fingerprint density at radius 2 is 1.72 bits per heavy atom. The summed E-state index contributed by atoms with van der Waals surface area (Å²) in [6.45, 7) is 6.33. The van der Waals surface area contributed by atoms with Gasteiger partial charge in [-0.05, 0) is 65.4 Å². The molecule has 6 rings (SSSR count). The third-order valence-electron chi connectivity index (χ3n) is 8.32. The second-order valence-corrected chi connectivity index (χ2v) is 12.9. The zero-order valence-electron chi connectivity index (χ0n) is 28.0. The third-order valence-corrected chi connectivity index (χ3v) is 9.30. The van der Waals surface area contributed by atoms with Crippen molar-refractivity contribution >= 4 is 34.8 Å². The van der Waals surface area contributed by atoms with Gasteiger partial charge in [-0.25, -0.2) is 9.79 Å². The molecule has 1 aromatic heterocycles. The van der Waals surface area contributed by atoms with E-state index in [9.17, 15) is 19.7 Å². The molecule has 0 spiro atoms. The summed E-state index contributed by atoms with van der Waals surface area (Å²) in [4.78, 5) is 43.9. The number of rotatable bonds is 11. The number of aromatic nitrogens is 1. The molecule has 5 aromatic rings. The SMILES string of the molecule is CCOC(=O)C1=C(c2ccccc2)N=c2s/c(=C\c3ccc(OCc4ccc([N+](=O)[O-])cc4)c(OC)c3)c(=O)n2[C@@H]1c1ccc(C(C)C)cc1. The van der Waals surface area contributed by atoms with Crippen molar-refractivity contribution in [2.45, 2.75) is 39.3 Å². The van der Waals surface area contributed by atoms with Crippen molar-refractivity contribution in [1.82, 2.24) is 4.57 Å². The fraction of sp³-hybridized carbons (Fsp3) is 0.205.